The number of hydrogen-bond donors (Lipinski definition) is 1. The Morgan fingerprint density at radius 3 is 2.56 bits per heavy atom. The van der Waals surface area contributed by atoms with Crippen LogP contribution in [0, 0.1) is 11.6 Å². The maximum absolute atomic E-state index is 13.9. The van der Waals surface area contributed by atoms with Crippen LogP contribution >= 0.6 is 11.6 Å². The lowest BCUT2D eigenvalue weighted by Crippen LogP contribution is -2.35. The third-order valence-corrected chi connectivity index (χ3v) is 6.08. The maximum atomic E-state index is 13.9. The molecule has 2 saturated heterocycles. The van der Waals surface area contributed by atoms with Crippen LogP contribution < -0.4 is 4.74 Å². The fraction of sp³-hybridized carbons (Fsp3) is 0.455. The van der Waals surface area contributed by atoms with E-state index in [1.165, 1.54) is 18.2 Å². The molecule has 2 aliphatic rings. The lowest BCUT2D eigenvalue weighted by atomic mass is 10.1. The molecule has 0 unspecified atom stereocenters. The first-order valence-electron chi connectivity index (χ1n) is 10.5. The number of halogens is 3. The zero-order valence-electron chi connectivity index (χ0n) is 17.3. The molecule has 0 aliphatic carbocycles. The summed E-state index contributed by atoms with van der Waals surface area (Å²) in [6.07, 6.45) is -0.431. The summed E-state index contributed by atoms with van der Waals surface area (Å²) in [4.78, 5) is 11.9. The van der Waals surface area contributed by atoms with Crippen molar-refractivity contribution in [2.75, 3.05) is 19.8 Å². The number of aryl methyl sites for hydroxylation is 1. The van der Waals surface area contributed by atoms with Crippen LogP contribution in [0.4, 0.5) is 8.78 Å². The number of nitrogens with one attached hydrogen (secondary N) is 1. The molecule has 32 heavy (non-hydrogen) atoms. The summed E-state index contributed by atoms with van der Waals surface area (Å²) in [5, 5.41) is 0.382. The van der Waals surface area contributed by atoms with Crippen molar-refractivity contribution in [2.24, 2.45) is 0 Å². The molecular formula is C22H22ClF2N3O4. The van der Waals surface area contributed by atoms with Gasteiger partial charge in [0.2, 0.25) is 0 Å². The Labute approximate surface area is 188 Å². The number of nitrogens with zero attached hydrogens (tertiary/aromatic N) is 2. The highest BCUT2D eigenvalue weighted by Gasteiger charge is 2.49. The maximum Gasteiger partial charge on any atom is 0.296 e. The minimum Gasteiger partial charge on any atom is -0.456 e. The van der Waals surface area contributed by atoms with Crippen molar-refractivity contribution in [1.82, 2.24) is 15.0 Å². The number of H-pyrrole nitrogens is 1. The molecule has 10 heteroatoms. The Balaban J connectivity index is 1.30. The Bertz CT molecular complexity index is 1110. The van der Waals surface area contributed by atoms with E-state index >= 15 is 0 Å². The average molecular weight is 466 g/mol. The molecule has 3 aromatic rings. The van der Waals surface area contributed by atoms with E-state index in [0.717, 1.165) is 0 Å². The van der Waals surface area contributed by atoms with Crippen LogP contribution in [0.1, 0.15) is 18.2 Å². The Morgan fingerprint density at radius 1 is 1.09 bits per heavy atom. The molecule has 0 amide bonds. The molecule has 0 spiro atoms. The van der Waals surface area contributed by atoms with E-state index in [9.17, 15) is 8.78 Å². The predicted molar refractivity (Wildman–Crippen MR) is 112 cm³/mol. The Morgan fingerprint density at radius 2 is 1.81 bits per heavy atom. The van der Waals surface area contributed by atoms with Gasteiger partial charge in [0.25, 0.3) is 6.01 Å². The number of hydrogen-bond acceptors (Lipinski definition) is 6. The van der Waals surface area contributed by atoms with Gasteiger partial charge in [0.1, 0.15) is 29.9 Å². The van der Waals surface area contributed by atoms with E-state index in [1.807, 2.05) is 6.92 Å². The van der Waals surface area contributed by atoms with Crippen LogP contribution in [0.25, 0.3) is 11.2 Å². The third kappa shape index (κ3) is 4.05. The lowest BCUT2D eigenvalue weighted by Gasteiger charge is -2.16. The van der Waals surface area contributed by atoms with Gasteiger partial charge < -0.3 is 23.9 Å². The van der Waals surface area contributed by atoms with Crippen LogP contribution in [0.5, 0.6) is 6.01 Å². The molecule has 2 aromatic heterocycles. The Kier molecular flexibility index (Phi) is 5.98. The van der Waals surface area contributed by atoms with E-state index < -0.39 is 11.6 Å². The van der Waals surface area contributed by atoms with Gasteiger partial charge in [-0.2, -0.15) is 4.98 Å². The highest BCUT2D eigenvalue weighted by Crippen LogP contribution is 2.31. The molecule has 5 rings (SSSR count). The summed E-state index contributed by atoms with van der Waals surface area (Å²) in [6.45, 7) is 3.35. The van der Waals surface area contributed by atoms with Gasteiger partial charge >= 0.3 is 0 Å². The van der Waals surface area contributed by atoms with Crippen molar-refractivity contribution in [2.45, 2.75) is 44.2 Å². The van der Waals surface area contributed by atoms with Gasteiger partial charge in [-0.3, -0.25) is 0 Å². The molecular weight excluding hydrogens is 444 g/mol. The number of aromatic nitrogens is 3. The largest absolute Gasteiger partial charge is 0.456 e. The first kappa shape index (κ1) is 21.5. The summed E-state index contributed by atoms with van der Waals surface area (Å²) in [6, 6.07) is 5.76. The zero-order valence-corrected chi connectivity index (χ0v) is 18.1. The second-order valence-electron chi connectivity index (χ2n) is 7.78. The van der Waals surface area contributed by atoms with Gasteiger partial charge in [-0.1, -0.05) is 17.7 Å². The van der Waals surface area contributed by atoms with Gasteiger partial charge in [0.05, 0.1) is 29.4 Å². The van der Waals surface area contributed by atoms with Crippen LogP contribution in [0.15, 0.2) is 24.3 Å². The highest BCUT2D eigenvalue weighted by atomic mass is 35.5. The highest BCUT2D eigenvalue weighted by molar-refractivity contribution is 6.31. The summed E-state index contributed by atoms with van der Waals surface area (Å²) < 4.78 is 51.1. The molecule has 2 aliphatic heterocycles. The smallest absolute Gasteiger partial charge is 0.296 e. The van der Waals surface area contributed by atoms with Crippen molar-refractivity contribution in [1.29, 1.82) is 0 Å². The van der Waals surface area contributed by atoms with E-state index in [2.05, 4.69) is 15.0 Å². The first-order chi connectivity index (χ1) is 15.5. The summed E-state index contributed by atoms with van der Waals surface area (Å²) in [5.74, 6) is -1.18. The molecule has 1 N–H and O–H groups in total. The molecule has 0 saturated carbocycles. The number of aromatic amines is 1. The SMILES string of the molecule is CCO[C@@H]1CO[C@H]2[C@@H]1OC[C@H]2Oc1nc2nc(CCc3c(F)cccc3F)c(Cl)cc2[nH]1. The molecule has 4 atom stereocenters. The summed E-state index contributed by atoms with van der Waals surface area (Å²) in [7, 11) is 0. The van der Waals surface area contributed by atoms with E-state index in [1.54, 1.807) is 6.07 Å². The fourth-order valence-electron chi connectivity index (χ4n) is 4.21. The van der Waals surface area contributed by atoms with Crippen molar-refractivity contribution < 1.29 is 27.7 Å². The number of pyridine rings is 1. The third-order valence-electron chi connectivity index (χ3n) is 5.76. The van der Waals surface area contributed by atoms with E-state index in [0.29, 0.717) is 41.7 Å². The molecule has 0 bridgehead atoms. The molecule has 1 aromatic carbocycles. The second kappa shape index (κ2) is 8.90. The number of benzene rings is 1. The minimum atomic E-state index is -0.588. The zero-order chi connectivity index (χ0) is 22.2. The van der Waals surface area contributed by atoms with Crippen molar-refractivity contribution in [3.8, 4) is 6.01 Å². The fourth-order valence-corrected chi connectivity index (χ4v) is 4.45. The van der Waals surface area contributed by atoms with E-state index in [4.69, 9.17) is 30.5 Å². The van der Waals surface area contributed by atoms with Crippen molar-refractivity contribution in [3.05, 3.63) is 52.2 Å². The van der Waals surface area contributed by atoms with E-state index in [-0.39, 0.29) is 48.8 Å². The minimum absolute atomic E-state index is 0.00854. The van der Waals surface area contributed by atoms with Gasteiger partial charge in [0.15, 0.2) is 11.8 Å². The number of rotatable bonds is 7. The van der Waals surface area contributed by atoms with Gasteiger partial charge in [-0.15, -0.1) is 0 Å². The average Bonchev–Trinajstić information content (AvgIpc) is 3.45. The van der Waals surface area contributed by atoms with Crippen LogP contribution in [-0.4, -0.2) is 59.2 Å². The predicted octanol–water partition coefficient (Wildman–Crippen LogP) is 3.62. The molecule has 2 fully saturated rings. The molecule has 4 heterocycles. The standard InChI is InChI=1S/C22H22ClF2N3O4/c1-2-29-17-9-30-20-18(10-31-19(17)20)32-22-27-16-8-12(23)15(26-21(16)28-22)7-6-11-13(24)4-3-5-14(11)25/h3-5,8,17-20H,2,6-7,9-10H2,1H3,(H,26,27,28)/t17-,18-,19-,20-/m1/s1. The van der Waals surface area contributed by atoms with Crippen LogP contribution in [-0.2, 0) is 27.1 Å². The van der Waals surface area contributed by atoms with Gasteiger partial charge in [-0.05, 0) is 38.0 Å². The topological polar surface area (TPSA) is 78.5 Å². The molecule has 0 radical (unpaired) electrons. The first-order valence-corrected chi connectivity index (χ1v) is 10.9. The van der Waals surface area contributed by atoms with Crippen LogP contribution in [0.2, 0.25) is 5.02 Å². The number of ether oxygens (including phenoxy) is 4. The quantitative estimate of drug-likeness (QED) is 0.574. The van der Waals surface area contributed by atoms with Crippen LogP contribution in [0.3, 0.4) is 0 Å². The lowest BCUT2D eigenvalue weighted by molar-refractivity contribution is -0.0313. The van der Waals surface area contributed by atoms with Crippen molar-refractivity contribution in [3.63, 3.8) is 0 Å². The number of imidazole rings is 1. The molecule has 7 nitrogen and oxygen atoms in total. The summed E-state index contributed by atoms with van der Waals surface area (Å²) >= 11 is 6.35. The Hall–Kier alpha value is -2.33. The van der Waals surface area contributed by atoms with Gasteiger partial charge in [-0.25, -0.2) is 13.8 Å². The molecule has 170 valence electrons. The number of fused-ring (bicyclic) bond motifs is 2. The van der Waals surface area contributed by atoms with Crippen molar-refractivity contribution >= 4 is 22.8 Å². The van der Waals surface area contributed by atoms with Gasteiger partial charge in [0, 0.05) is 12.2 Å². The summed E-state index contributed by atoms with van der Waals surface area (Å²) in [5.41, 5.74) is 1.52. The second-order valence-corrected chi connectivity index (χ2v) is 8.18. The monoisotopic (exact) mass is 465 g/mol. The normalized spacial score (nSPS) is 24.9.